The Hall–Kier alpha value is -2.49. The van der Waals surface area contributed by atoms with Gasteiger partial charge in [-0.25, -0.2) is 4.39 Å². The summed E-state index contributed by atoms with van der Waals surface area (Å²) < 4.78 is 13.3. The Balaban J connectivity index is 1.89. The van der Waals surface area contributed by atoms with Gasteiger partial charge in [-0.05, 0) is 29.8 Å². The fraction of sp³-hybridized carbons (Fsp3) is 0.0667. The SMILES string of the molecule is O=C(C=Cc1ccncc1)NCc1ccccc1F. The maximum Gasteiger partial charge on any atom is 0.244 e. The minimum atomic E-state index is -0.319. The number of nitrogens with one attached hydrogen (secondary N) is 1. The molecule has 2 aromatic rings. The fourth-order valence-electron chi connectivity index (χ4n) is 1.53. The Kier molecular flexibility index (Phi) is 4.39. The lowest BCUT2D eigenvalue weighted by atomic mass is 10.2. The molecule has 1 amide bonds. The molecule has 1 heterocycles. The van der Waals surface area contributed by atoms with Crippen molar-refractivity contribution in [2.75, 3.05) is 0 Å². The topological polar surface area (TPSA) is 42.0 Å². The summed E-state index contributed by atoms with van der Waals surface area (Å²) in [5.41, 5.74) is 1.35. The number of halogens is 1. The summed E-state index contributed by atoms with van der Waals surface area (Å²) in [5.74, 6) is -0.582. The molecule has 0 aliphatic rings. The Labute approximate surface area is 110 Å². The quantitative estimate of drug-likeness (QED) is 0.854. The molecule has 0 aliphatic heterocycles. The Morgan fingerprint density at radius 1 is 1.21 bits per heavy atom. The highest BCUT2D eigenvalue weighted by molar-refractivity contribution is 5.91. The highest BCUT2D eigenvalue weighted by Crippen LogP contribution is 2.05. The van der Waals surface area contributed by atoms with Crippen LogP contribution >= 0.6 is 0 Å². The molecule has 2 rings (SSSR count). The Bertz CT molecular complexity index is 582. The summed E-state index contributed by atoms with van der Waals surface area (Å²) in [4.78, 5) is 15.4. The molecule has 0 spiro atoms. The maximum atomic E-state index is 13.3. The lowest BCUT2D eigenvalue weighted by Gasteiger charge is -2.03. The number of benzene rings is 1. The first-order valence-corrected chi connectivity index (χ1v) is 5.85. The van der Waals surface area contributed by atoms with E-state index in [9.17, 15) is 9.18 Å². The third-order valence-electron chi connectivity index (χ3n) is 2.54. The molecule has 1 aromatic heterocycles. The fourth-order valence-corrected chi connectivity index (χ4v) is 1.53. The van der Waals surface area contributed by atoms with Crippen molar-refractivity contribution in [3.63, 3.8) is 0 Å². The molecule has 0 saturated heterocycles. The normalized spacial score (nSPS) is 10.6. The van der Waals surface area contributed by atoms with Gasteiger partial charge >= 0.3 is 0 Å². The highest BCUT2D eigenvalue weighted by atomic mass is 19.1. The molecule has 1 N–H and O–H groups in total. The van der Waals surface area contributed by atoms with Gasteiger partial charge < -0.3 is 5.32 Å². The van der Waals surface area contributed by atoms with E-state index >= 15 is 0 Å². The summed E-state index contributed by atoms with van der Waals surface area (Å²) in [6.45, 7) is 0.173. The van der Waals surface area contributed by atoms with Crippen LogP contribution in [-0.4, -0.2) is 10.9 Å². The first-order valence-electron chi connectivity index (χ1n) is 5.85. The van der Waals surface area contributed by atoms with Crippen LogP contribution in [0, 0.1) is 5.82 Å². The van der Waals surface area contributed by atoms with Crippen molar-refractivity contribution in [1.29, 1.82) is 0 Å². The molecule has 4 heteroatoms. The van der Waals surface area contributed by atoms with Gasteiger partial charge in [0.05, 0.1) is 0 Å². The molecule has 0 bridgehead atoms. The summed E-state index contributed by atoms with van der Waals surface area (Å²) in [6, 6.07) is 9.94. The van der Waals surface area contributed by atoms with Crippen molar-refractivity contribution >= 4 is 12.0 Å². The number of carbonyl (C=O) groups is 1. The third kappa shape index (κ3) is 4.03. The van der Waals surface area contributed by atoms with Crippen LogP contribution in [0.2, 0.25) is 0 Å². The highest BCUT2D eigenvalue weighted by Gasteiger charge is 2.01. The van der Waals surface area contributed by atoms with Crippen LogP contribution in [-0.2, 0) is 11.3 Å². The molecule has 0 atom stereocenters. The van der Waals surface area contributed by atoms with E-state index in [1.165, 1.54) is 12.1 Å². The number of hydrogen-bond acceptors (Lipinski definition) is 2. The standard InChI is InChI=1S/C15H13FN2O/c16-14-4-2-1-3-13(14)11-18-15(19)6-5-12-7-9-17-10-8-12/h1-10H,11H2,(H,18,19). The van der Waals surface area contributed by atoms with E-state index in [1.54, 1.807) is 48.8 Å². The average molecular weight is 256 g/mol. The summed E-state index contributed by atoms with van der Waals surface area (Å²) in [7, 11) is 0. The molecular weight excluding hydrogens is 243 g/mol. The van der Waals surface area contributed by atoms with Crippen molar-refractivity contribution in [3.8, 4) is 0 Å². The number of nitrogens with zero attached hydrogens (tertiary/aromatic N) is 1. The van der Waals surface area contributed by atoms with E-state index in [1.807, 2.05) is 0 Å². The van der Waals surface area contributed by atoms with Crippen LogP contribution in [0.25, 0.3) is 6.08 Å². The van der Waals surface area contributed by atoms with Crippen molar-refractivity contribution in [1.82, 2.24) is 10.3 Å². The van der Waals surface area contributed by atoms with Crippen LogP contribution in [0.1, 0.15) is 11.1 Å². The zero-order valence-electron chi connectivity index (χ0n) is 10.2. The number of hydrogen-bond donors (Lipinski definition) is 1. The first-order chi connectivity index (χ1) is 9.25. The van der Waals surface area contributed by atoms with Crippen molar-refractivity contribution < 1.29 is 9.18 Å². The molecule has 0 saturated carbocycles. The summed E-state index contributed by atoms with van der Waals surface area (Å²) >= 11 is 0. The molecule has 0 unspecified atom stereocenters. The predicted molar refractivity (Wildman–Crippen MR) is 71.5 cm³/mol. The second kappa shape index (κ2) is 6.44. The van der Waals surface area contributed by atoms with Crippen molar-refractivity contribution in [3.05, 3.63) is 71.8 Å². The number of pyridine rings is 1. The average Bonchev–Trinajstić information content (AvgIpc) is 2.45. The number of amides is 1. The van der Waals surface area contributed by atoms with E-state index < -0.39 is 0 Å². The van der Waals surface area contributed by atoms with Gasteiger partial charge in [0.1, 0.15) is 5.82 Å². The Morgan fingerprint density at radius 2 is 1.95 bits per heavy atom. The molecule has 96 valence electrons. The van der Waals surface area contributed by atoms with Gasteiger partial charge in [0.2, 0.25) is 5.91 Å². The van der Waals surface area contributed by atoms with Crippen LogP contribution in [0.4, 0.5) is 4.39 Å². The minimum Gasteiger partial charge on any atom is -0.348 e. The van der Waals surface area contributed by atoms with Gasteiger partial charge in [-0.15, -0.1) is 0 Å². The number of aromatic nitrogens is 1. The van der Waals surface area contributed by atoms with Gasteiger partial charge in [0.25, 0.3) is 0 Å². The van der Waals surface area contributed by atoms with E-state index in [0.29, 0.717) is 5.56 Å². The van der Waals surface area contributed by atoms with Crippen molar-refractivity contribution in [2.45, 2.75) is 6.54 Å². The van der Waals surface area contributed by atoms with Gasteiger partial charge in [-0.1, -0.05) is 18.2 Å². The molecular formula is C15H13FN2O. The van der Waals surface area contributed by atoms with Gasteiger partial charge in [-0.2, -0.15) is 0 Å². The summed E-state index contributed by atoms with van der Waals surface area (Å²) in [6.07, 6.45) is 6.39. The molecule has 0 radical (unpaired) electrons. The maximum absolute atomic E-state index is 13.3. The van der Waals surface area contributed by atoms with Crippen LogP contribution in [0.5, 0.6) is 0 Å². The monoisotopic (exact) mass is 256 g/mol. The third-order valence-corrected chi connectivity index (χ3v) is 2.54. The lowest BCUT2D eigenvalue weighted by Crippen LogP contribution is -2.20. The van der Waals surface area contributed by atoms with E-state index in [-0.39, 0.29) is 18.3 Å². The number of rotatable bonds is 4. The van der Waals surface area contributed by atoms with E-state index in [0.717, 1.165) is 5.56 Å². The van der Waals surface area contributed by atoms with Gasteiger partial charge in [-0.3, -0.25) is 9.78 Å². The van der Waals surface area contributed by atoms with E-state index in [2.05, 4.69) is 10.3 Å². The predicted octanol–water partition coefficient (Wildman–Crippen LogP) is 2.55. The van der Waals surface area contributed by atoms with E-state index in [4.69, 9.17) is 0 Å². The molecule has 3 nitrogen and oxygen atoms in total. The second-order valence-corrected chi connectivity index (χ2v) is 3.92. The molecule has 0 fully saturated rings. The van der Waals surface area contributed by atoms with Crippen molar-refractivity contribution in [2.24, 2.45) is 0 Å². The zero-order valence-corrected chi connectivity index (χ0v) is 10.2. The zero-order chi connectivity index (χ0) is 13.5. The van der Waals surface area contributed by atoms with Crippen LogP contribution in [0.15, 0.2) is 54.9 Å². The second-order valence-electron chi connectivity index (χ2n) is 3.92. The lowest BCUT2D eigenvalue weighted by molar-refractivity contribution is -0.116. The molecule has 1 aromatic carbocycles. The van der Waals surface area contributed by atoms with Gasteiger partial charge in [0, 0.05) is 30.6 Å². The van der Waals surface area contributed by atoms with Crippen LogP contribution < -0.4 is 5.32 Å². The first kappa shape index (κ1) is 13.0. The minimum absolute atomic E-state index is 0.173. The largest absolute Gasteiger partial charge is 0.348 e. The molecule has 19 heavy (non-hydrogen) atoms. The van der Waals surface area contributed by atoms with Gasteiger partial charge in [0.15, 0.2) is 0 Å². The van der Waals surface area contributed by atoms with Crippen LogP contribution in [0.3, 0.4) is 0 Å². The smallest absolute Gasteiger partial charge is 0.244 e. The summed E-state index contributed by atoms with van der Waals surface area (Å²) in [5, 5.41) is 2.63. The number of carbonyl (C=O) groups excluding carboxylic acids is 1. The Morgan fingerprint density at radius 3 is 2.68 bits per heavy atom. The molecule has 0 aliphatic carbocycles.